The van der Waals surface area contributed by atoms with Crippen LogP contribution in [0.4, 0.5) is 10.1 Å². The van der Waals surface area contributed by atoms with Gasteiger partial charge < -0.3 is 5.73 Å². The van der Waals surface area contributed by atoms with E-state index >= 15 is 0 Å². The number of hydrogen-bond acceptors (Lipinski definition) is 3. The number of rotatable bonds is 4. The van der Waals surface area contributed by atoms with E-state index in [1.54, 1.807) is 12.1 Å². The normalized spacial score (nSPS) is 11.1. The Hall–Kier alpha value is -2.41. The van der Waals surface area contributed by atoms with Crippen molar-refractivity contribution in [2.24, 2.45) is 5.73 Å². The van der Waals surface area contributed by atoms with Crippen molar-refractivity contribution in [3.8, 4) is 0 Å². The van der Waals surface area contributed by atoms with Crippen molar-refractivity contribution in [2.45, 2.75) is 11.8 Å². The second-order valence-corrected chi connectivity index (χ2v) is 6.08. The summed E-state index contributed by atoms with van der Waals surface area (Å²) in [6.45, 7) is 1.48. The number of para-hydroxylation sites is 1. The highest BCUT2D eigenvalue weighted by atomic mass is 32.2. The number of amides is 1. The Morgan fingerprint density at radius 3 is 2.48 bits per heavy atom. The fourth-order valence-corrected chi connectivity index (χ4v) is 3.21. The summed E-state index contributed by atoms with van der Waals surface area (Å²) in [6.07, 6.45) is 0. The molecule has 0 aliphatic heterocycles. The van der Waals surface area contributed by atoms with Gasteiger partial charge in [0.15, 0.2) is 0 Å². The topological polar surface area (TPSA) is 89.3 Å². The molecule has 7 heteroatoms. The lowest BCUT2D eigenvalue weighted by Crippen LogP contribution is -2.19. The maximum atomic E-state index is 13.1. The number of benzene rings is 2. The zero-order chi connectivity index (χ0) is 15.6. The molecule has 2 aromatic rings. The molecule has 5 nitrogen and oxygen atoms in total. The van der Waals surface area contributed by atoms with E-state index in [0.717, 1.165) is 12.1 Å². The van der Waals surface area contributed by atoms with Gasteiger partial charge in [-0.15, -0.1) is 0 Å². The zero-order valence-corrected chi connectivity index (χ0v) is 11.9. The summed E-state index contributed by atoms with van der Waals surface area (Å²) in [7, 11) is -3.94. The van der Waals surface area contributed by atoms with Crippen LogP contribution in [0.3, 0.4) is 0 Å². The molecule has 110 valence electrons. The van der Waals surface area contributed by atoms with Crippen LogP contribution in [-0.2, 0) is 10.0 Å². The smallest absolute Gasteiger partial charge is 0.262 e. The molecule has 1 amide bonds. The second kappa shape index (κ2) is 5.53. The number of nitrogens with two attached hydrogens (primary N) is 1. The van der Waals surface area contributed by atoms with Crippen molar-refractivity contribution in [3.63, 3.8) is 0 Å². The summed E-state index contributed by atoms with van der Waals surface area (Å²) < 4.78 is 40.0. The quantitative estimate of drug-likeness (QED) is 0.905. The van der Waals surface area contributed by atoms with E-state index in [0.29, 0.717) is 0 Å². The van der Waals surface area contributed by atoms with Crippen LogP contribution in [0.2, 0.25) is 0 Å². The molecule has 0 heterocycles. The maximum absolute atomic E-state index is 13.1. The summed E-state index contributed by atoms with van der Waals surface area (Å²) in [5.41, 5.74) is 5.60. The molecule has 0 bridgehead atoms. The predicted molar refractivity (Wildman–Crippen MR) is 76.9 cm³/mol. The molecule has 2 aromatic carbocycles. The van der Waals surface area contributed by atoms with E-state index in [4.69, 9.17) is 5.73 Å². The molecule has 0 spiro atoms. The van der Waals surface area contributed by atoms with E-state index in [1.807, 2.05) is 0 Å². The number of halogens is 1. The molecule has 0 atom stereocenters. The fraction of sp³-hybridized carbons (Fsp3) is 0.0714. The number of carbonyl (C=O) groups excluding carboxylic acids is 1. The van der Waals surface area contributed by atoms with Crippen molar-refractivity contribution < 1.29 is 17.6 Å². The van der Waals surface area contributed by atoms with E-state index in [2.05, 4.69) is 4.72 Å². The molecule has 0 saturated carbocycles. The molecule has 3 N–H and O–H groups in total. The Labute approximate surface area is 121 Å². The highest BCUT2D eigenvalue weighted by Gasteiger charge is 2.19. The van der Waals surface area contributed by atoms with E-state index < -0.39 is 21.7 Å². The number of primary amides is 1. The van der Waals surface area contributed by atoms with Gasteiger partial charge in [0.1, 0.15) is 5.82 Å². The molecule has 0 aliphatic carbocycles. The first kappa shape index (κ1) is 15.0. The van der Waals surface area contributed by atoms with Crippen LogP contribution in [0.5, 0.6) is 0 Å². The zero-order valence-electron chi connectivity index (χ0n) is 11.1. The first-order valence-electron chi connectivity index (χ1n) is 5.99. The van der Waals surface area contributed by atoms with Crippen molar-refractivity contribution in [1.29, 1.82) is 0 Å². The minimum Gasteiger partial charge on any atom is -0.366 e. The van der Waals surface area contributed by atoms with Crippen LogP contribution in [0.1, 0.15) is 15.9 Å². The lowest BCUT2D eigenvalue weighted by atomic mass is 10.2. The monoisotopic (exact) mass is 308 g/mol. The molecule has 0 fully saturated rings. The van der Waals surface area contributed by atoms with Gasteiger partial charge in [0, 0.05) is 0 Å². The van der Waals surface area contributed by atoms with Gasteiger partial charge in [-0.2, -0.15) is 0 Å². The van der Waals surface area contributed by atoms with Gasteiger partial charge in [-0.3, -0.25) is 9.52 Å². The van der Waals surface area contributed by atoms with Gasteiger partial charge >= 0.3 is 0 Å². The second-order valence-electron chi connectivity index (χ2n) is 4.43. The van der Waals surface area contributed by atoms with E-state index in [-0.39, 0.29) is 21.7 Å². The van der Waals surface area contributed by atoms with Crippen LogP contribution < -0.4 is 10.5 Å². The van der Waals surface area contributed by atoms with E-state index in [1.165, 1.54) is 25.1 Å². The summed E-state index contributed by atoms with van der Waals surface area (Å²) in [6, 6.07) is 9.33. The number of aryl methyl sites for hydroxylation is 1. The highest BCUT2D eigenvalue weighted by Crippen LogP contribution is 2.22. The average Bonchev–Trinajstić information content (AvgIpc) is 2.37. The molecule has 0 radical (unpaired) electrons. The SMILES string of the molecule is Cc1cc(F)ccc1S(=O)(=O)Nc1ccccc1C(N)=O. The van der Waals surface area contributed by atoms with Crippen molar-refractivity contribution in [1.82, 2.24) is 0 Å². The Bertz CT molecular complexity index is 804. The minimum absolute atomic E-state index is 0.0563. The molecule has 21 heavy (non-hydrogen) atoms. The molecule has 0 saturated heterocycles. The summed E-state index contributed by atoms with van der Waals surface area (Å²) in [5, 5.41) is 0. The van der Waals surface area contributed by atoms with Gasteiger partial charge in [-0.25, -0.2) is 12.8 Å². The van der Waals surface area contributed by atoms with Gasteiger partial charge in [-0.05, 0) is 42.8 Å². The van der Waals surface area contributed by atoms with Crippen LogP contribution >= 0.6 is 0 Å². The first-order chi connectivity index (χ1) is 9.81. The summed E-state index contributed by atoms with van der Waals surface area (Å²) in [5.74, 6) is -1.27. The molecule has 0 aromatic heterocycles. The number of nitrogens with one attached hydrogen (secondary N) is 1. The predicted octanol–water partition coefficient (Wildman–Crippen LogP) is 2.03. The van der Waals surface area contributed by atoms with Gasteiger partial charge in [-0.1, -0.05) is 12.1 Å². The Balaban J connectivity index is 2.45. The van der Waals surface area contributed by atoms with Crippen LogP contribution in [0.25, 0.3) is 0 Å². The van der Waals surface area contributed by atoms with E-state index in [9.17, 15) is 17.6 Å². The maximum Gasteiger partial charge on any atom is 0.262 e. The lowest BCUT2D eigenvalue weighted by molar-refractivity contribution is 0.100. The Morgan fingerprint density at radius 2 is 1.86 bits per heavy atom. The van der Waals surface area contributed by atoms with Crippen LogP contribution in [-0.4, -0.2) is 14.3 Å². The van der Waals surface area contributed by atoms with Gasteiger partial charge in [0.2, 0.25) is 0 Å². The van der Waals surface area contributed by atoms with Crippen molar-refractivity contribution in [2.75, 3.05) is 4.72 Å². The third-order valence-corrected chi connectivity index (χ3v) is 4.39. The third-order valence-electron chi connectivity index (χ3n) is 2.86. The largest absolute Gasteiger partial charge is 0.366 e. The minimum atomic E-state index is -3.94. The number of hydrogen-bond donors (Lipinski definition) is 2. The highest BCUT2D eigenvalue weighted by molar-refractivity contribution is 7.92. The molecule has 2 rings (SSSR count). The van der Waals surface area contributed by atoms with Crippen LogP contribution in [0.15, 0.2) is 47.4 Å². The standard InChI is InChI=1S/C14H13FN2O3S/c1-9-8-10(15)6-7-13(9)21(19,20)17-12-5-3-2-4-11(12)14(16)18/h2-8,17H,1H3,(H2,16,18). The molecular formula is C14H13FN2O3S. The lowest BCUT2D eigenvalue weighted by Gasteiger charge is -2.12. The Morgan fingerprint density at radius 1 is 1.19 bits per heavy atom. The Kier molecular flexibility index (Phi) is 3.95. The number of sulfonamides is 1. The molecule has 0 unspecified atom stereocenters. The number of carbonyl (C=O) groups is 1. The van der Waals surface area contributed by atoms with Crippen molar-refractivity contribution in [3.05, 3.63) is 59.4 Å². The molecule has 0 aliphatic rings. The summed E-state index contributed by atoms with van der Waals surface area (Å²) >= 11 is 0. The van der Waals surface area contributed by atoms with Crippen molar-refractivity contribution >= 4 is 21.6 Å². The van der Waals surface area contributed by atoms with Crippen LogP contribution in [0, 0.1) is 12.7 Å². The van der Waals surface area contributed by atoms with Gasteiger partial charge in [0.25, 0.3) is 15.9 Å². The first-order valence-corrected chi connectivity index (χ1v) is 7.47. The third kappa shape index (κ3) is 3.19. The average molecular weight is 308 g/mol. The molecular weight excluding hydrogens is 295 g/mol. The fourth-order valence-electron chi connectivity index (χ4n) is 1.90. The van der Waals surface area contributed by atoms with Gasteiger partial charge in [0.05, 0.1) is 16.1 Å². The number of anilines is 1. The summed E-state index contributed by atoms with van der Waals surface area (Å²) in [4.78, 5) is 11.2.